The first kappa shape index (κ1) is 24.7. The highest BCUT2D eigenvalue weighted by molar-refractivity contribution is 5.84. The van der Waals surface area contributed by atoms with Crippen molar-refractivity contribution in [1.29, 1.82) is 0 Å². The predicted octanol–water partition coefficient (Wildman–Crippen LogP) is 6.73. The normalized spacial score (nSPS) is 11.3. The molecule has 6 heteroatoms. The van der Waals surface area contributed by atoms with E-state index in [2.05, 4.69) is 21.9 Å². The molecule has 0 spiro atoms. The zero-order valence-electron chi connectivity index (χ0n) is 19.6. The maximum atomic E-state index is 15.2. The van der Waals surface area contributed by atoms with Gasteiger partial charge in [-0.3, -0.25) is 4.98 Å². The van der Waals surface area contributed by atoms with Gasteiger partial charge in [-0.15, -0.1) is 0 Å². The van der Waals surface area contributed by atoms with Crippen LogP contribution in [0.25, 0.3) is 10.8 Å². The van der Waals surface area contributed by atoms with Crippen molar-refractivity contribution in [2.45, 2.75) is 38.7 Å². The predicted molar refractivity (Wildman–Crippen MR) is 132 cm³/mol. The number of benzene rings is 3. The van der Waals surface area contributed by atoms with E-state index in [9.17, 15) is 8.78 Å². The van der Waals surface area contributed by atoms with E-state index >= 15 is 4.39 Å². The molecule has 0 atom stereocenters. The molecule has 4 rings (SSSR count). The average molecular weight is 480 g/mol. The van der Waals surface area contributed by atoms with Gasteiger partial charge in [-0.1, -0.05) is 48.5 Å². The molecule has 0 radical (unpaired) electrons. The van der Waals surface area contributed by atoms with Crippen LogP contribution in [0, 0.1) is 5.82 Å². The first-order valence-corrected chi connectivity index (χ1v) is 11.7. The number of rotatable bonds is 11. The minimum Gasteiger partial charge on any atom is -0.435 e. The standard InChI is InChI=1S/C29H28F3NO2/c1-34-17-16-22-4-12-25(33-19-22)11-3-21-7-15-27-24(18-21)10-9-23(28(27)30)8-2-20-5-13-26(14-6-20)35-29(31)32/h4-7,9-10,12-15,18-19,29H,2-3,8,11,16-17H2,1H3. The number of halogens is 3. The van der Waals surface area contributed by atoms with Crippen molar-refractivity contribution in [2.75, 3.05) is 13.7 Å². The zero-order chi connectivity index (χ0) is 24.6. The molecule has 1 aromatic heterocycles. The summed E-state index contributed by atoms with van der Waals surface area (Å²) in [5, 5.41) is 1.48. The summed E-state index contributed by atoms with van der Waals surface area (Å²) >= 11 is 0. The Morgan fingerprint density at radius 2 is 1.51 bits per heavy atom. The lowest BCUT2D eigenvalue weighted by Gasteiger charge is -2.10. The van der Waals surface area contributed by atoms with E-state index in [0.29, 0.717) is 30.4 Å². The molecule has 0 amide bonds. The largest absolute Gasteiger partial charge is 0.435 e. The van der Waals surface area contributed by atoms with Gasteiger partial charge >= 0.3 is 6.61 Å². The van der Waals surface area contributed by atoms with E-state index in [1.807, 2.05) is 36.5 Å². The molecule has 3 nitrogen and oxygen atoms in total. The van der Waals surface area contributed by atoms with Gasteiger partial charge in [0.2, 0.25) is 0 Å². The van der Waals surface area contributed by atoms with Crippen LogP contribution < -0.4 is 4.74 Å². The highest BCUT2D eigenvalue weighted by Crippen LogP contribution is 2.25. The highest BCUT2D eigenvalue weighted by atomic mass is 19.3. The van der Waals surface area contributed by atoms with Gasteiger partial charge in [-0.25, -0.2) is 4.39 Å². The van der Waals surface area contributed by atoms with Crippen molar-refractivity contribution in [1.82, 2.24) is 4.98 Å². The van der Waals surface area contributed by atoms with Crippen LogP contribution in [0.15, 0.2) is 72.9 Å². The molecule has 35 heavy (non-hydrogen) atoms. The fourth-order valence-corrected chi connectivity index (χ4v) is 4.09. The van der Waals surface area contributed by atoms with E-state index in [4.69, 9.17) is 4.74 Å². The quantitative estimate of drug-likeness (QED) is 0.239. The molecule has 0 aliphatic heterocycles. The number of nitrogens with zero attached hydrogens (tertiary/aromatic N) is 1. The van der Waals surface area contributed by atoms with E-state index < -0.39 is 6.61 Å². The maximum absolute atomic E-state index is 15.2. The summed E-state index contributed by atoms with van der Waals surface area (Å²) in [5.74, 6) is -0.0914. The Morgan fingerprint density at radius 1 is 0.771 bits per heavy atom. The van der Waals surface area contributed by atoms with Crippen LogP contribution in [-0.2, 0) is 36.8 Å². The number of fused-ring (bicyclic) bond motifs is 1. The molecule has 0 saturated carbocycles. The smallest absolute Gasteiger partial charge is 0.387 e. The molecule has 0 N–H and O–H groups in total. The molecule has 0 aliphatic rings. The van der Waals surface area contributed by atoms with Crippen molar-refractivity contribution >= 4 is 10.8 Å². The summed E-state index contributed by atoms with van der Waals surface area (Å²) in [5.41, 5.74) is 4.89. The van der Waals surface area contributed by atoms with Gasteiger partial charge in [0.25, 0.3) is 0 Å². The molecule has 1 heterocycles. The van der Waals surface area contributed by atoms with Crippen molar-refractivity contribution in [2.24, 2.45) is 0 Å². The van der Waals surface area contributed by atoms with Crippen LogP contribution in [0.4, 0.5) is 13.2 Å². The molecular formula is C29H28F3NO2. The zero-order valence-corrected chi connectivity index (χ0v) is 19.6. The van der Waals surface area contributed by atoms with E-state index in [1.165, 1.54) is 12.1 Å². The number of aromatic nitrogens is 1. The lowest BCUT2D eigenvalue weighted by Crippen LogP contribution is -2.02. The number of hydrogen-bond donors (Lipinski definition) is 0. The second-order valence-corrected chi connectivity index (χ2v) is 8.52. The van der Waals surface area contributed by atoms with Crippen molar-refractivity contribution in [3.8, 4) is 5.75 Å². The lowest BCUT2D eigenvalue weighted by atomic mass is 9.98. The van der Waals surface area contributed by atoms with Gasteiger partial charge in [0.15, 0.2) is 0 Å². The van der Waals surface area contributed by atoms with Crippen LogP contribution in [0.1, 0.15) is 27.9 Å². The van der Waals surface area contributed by atoms with Gasteiger partial charge in [-0.05, 0) is 77.9 Å². The molecule has 0 unspecified atom stereocenters. The third-order valence-electron chi connectivity index (χ3n) is 6.08. The Balaban J connectivity index is 1.37. The fourth-order valence-electron chi connectivity index (χ4n) is 4.09. The topological polar surface area (TPSA) is 31.4 Å². The minimum absolute atomic E-state index is 0.117. The second-order valence-electron chi connectivity index (χ2n) is 8.52. The first-order chi connectivity index (χ1) is 17.0. The van der Waals surface area contributed by atoms with Crippen molar-refractivity contribution < 1.29 is 22.6 Å². The Hall–Kier alpha value is -3.38. The average Bonchev–Trinajstić information content (AvgIpc) is 2.87. The van der Waals surface area contributed by atoms with Crippen LogP contribution >= 0.6 is 0 Å². The number of aryl methyl sites for hydroxylation is 4. The maximum Gasteiger partial charge on any atom is 0.387 e. The molecule has 0 aliphatic carbocycles. The third kappa shape index (κ3) is 6.83. The summed E-state index contributed by atoms with van der Waals surface area (Å²) in [6.45, 7) is -2.16. The van der Waals surface area contributed by atoms with Gasteiger partial charge in [-0.2, -0.15) is 8.78 Å². The van der Waals surface area contributed by atoms with Gasteiger partial charge in [0, 0.05) is 24.4 Å². The van der Waals surface area contributed by atoms with E-state index in [0.717, 1.165) is 47.0 Å². The van der Waals surface area contributed by atoms with Crippen molar-refractivity contribution in [3.05, 3.63) is 107 Å². The van der Waals surface area contributed by atoms with Gasteiger partial charge in [0.05, 0.1) is 6.61 Å². The number of methoxy groups -OCH3 is 1. The molecule has 182 valence electrons. The highest BCUT2D eigenvalue weighted by Gasteiger charge is 2.10. The molecule has 4 aromatic rings. The number of hydrogen-bond acceptors (Lipinski definition) is 3. The Morgan fingerprint density at radius 3 is 2.23 bits per heavy atom. The van der Waals surface area contributed by atoms with E-state index in [-0.39, 0.29) is 11.6 Å². The number of ether oxygens (including phenoxy) is 2. The van der Waals surface area contributed by atoms with Gasteiger partial charge < -0.3 is 9.47 Å². The molecule has 0 fully saturated rings. The van der Waals surface area contributed by atoms with Crippen LogP contribution in [0.3, 0.4) is 0 Å². The summed E-state index contributed by atoms with van der Waals surface area (Å²) in [6, 6.07) is 20.3. The van der Waals surface area contributed by atoms with Crippen LogP contribution in [0.5, 0.6) is 5.75 Å². The summed E-state index contributed by atoms with van der Waals surface area (Å²) in [6.07, 6.45) is 5.52. The summed E-state index contributed by atoms with van der Waals surface area (Å²) < 4.78 is 49.2. The number of pyridine rings is 1. The van der Waals surface area contributed by atoms with E-state index in [1.54, 1.807) is 19.2 Å². The fraction of sp³-hybridized carbons (Fsp3) is 0.276. The second kappa shape index (κ2) is 11.8. The van der Waals surface area contributed by atoms with Crippen LogP contribution in [0.2, 0.25) is 0 Å². The summed E-state index contributed by atoms with van der Waals surface area (Å²) in [7, 11) is 1.69. The molecule has 3 aromatic carbocycles. The monoisotopic (exact) mass is 479 g/mol. The third-order valence-corrected chi connectivity index (χ3v) is 6.08. The molecular weight excluding hydrogens is 451 g/mol. The Bertz CT molecular complexity index is 1240. The minimum atomic E-state index is -2.84. The molecule has 0 saturated heterocycles. The lowest BCUT2D eigenvalue weighted by molar-refractivity contribution is -0.0498. The number of alkyl halides is 2. The molecule has 0 bridgehead atoms. The van der Waals surface area contributed by atoms with Crippen LogP contribution in [-0.4, -0.2) is 25.3 Å². The van der Waals surface area contributed by atoms with Crippen molar-refractivity contribution in [3.63, 3.8) is 0 Å². The first-order valence-electron chi connectivity index (χ1n) is 11.7. The van der Waals surface area contributed by atoms with Gasteiger partial charge in [0.1, 0.15) is 11.6 Å². The Kier molecular flexibility index (Phi) is 8.37. The summed E-state index contributed by atoms with van der Waals surface area (Å²) in [4.78, 5) is 4.54. The Labute approximate surface area is 203 Å². The SMILES string of the molecule is COCCc1ccc(CCc2ccc3c(F)c(CCc4ccc(OC(F)F)cc4)ccc3c2)nc1.